The molecule has 1 aromatic heterocycles. The van der Waals surface area contributed by atoms with Crippen LogP contribution in [0.25, 0.3) is 11.4 Å². The van der Waals surface area contributed by atoms with Gasteiger partial charge in [-0.05, 0) is 37.8 Å². The van der Waals surface area contributed by atoms with E-state index < -0.39 is 0 Å². The van der Waals surface area contributed by atoms with Crippen molar-refractivity contribution >= 4 is 11.9 Å². The molecule has 1 aliphatic carbocycles. The lowest BCUT2D eigenvalue weighted by molar-refractivity contribution is 0.629. The van der Waals surface area contributed by atoms with E-state index in [4.69, 9.17) is 5.73 Å². The van der Waals surface area contributed by atoms with Crippen molar-refractivity contribution in [2.75, 3.05) is 11.1 Å². The molecule has 104 valence electrons. The van der Waals surface area contributed by atoms with Crippen molar-refractivity contribution in [3.63, 3.8) is 0 Å². The maximum atomic E-state index is 13.8. The molecular formula is C14H16FN5. The molecule has 1 aromatic carbocycles. The number of nitrogens with two attached hydrogens (primary N) is 1. The summed E-state index contributed by atoms with van der Waals surface area (Å²) in [7, 11) is 0. The molecule has 1 atom stereocenters. The zero-order chi connectivity index (χ0) is 14.1. The largest absolute Gasteiger partial charge is 0.368 e. The number of nitrogen functional groups attached to an aromatic ring is 1. The minimum atomic E-state index is -0.376. The summed E-state index contributed by atoms with van der Waals surface area (Å²) in [6.07, 6.45) is 2.43. The third-order valence-corrected chi connectivity index (χ3v) is 3.45. The summed E-state index contributed by atoms with van der Waals surface area (Å²) in [5.41, 5.74) is 6.01. The highest BCUT2D eigenvalue weighted by Crippen LogP contribution is 2.33. The average Bonchev–Trinajstić information content (AvgIpc) is 3.22. The summed E-state index contributed by atoms with van der Waals surface area (Å²) in [5, 5.41) is 3.21. The number of aromatic nitrogens is 3. The molecule has 2 aromatic rings. The molecule has 0 radical (unpaired) electrons. The van der Waals surface area contributed by atoms with E-state index in [1.165, 1.54) is 18.9 Å². The number of nitrogens with one attached hydrogen (secondary N) is 1. The Labute approximate surface area is 116 Å². The van der Waals surface area contributed by atoms with Gasteiger partial charge in [0.2, 0.25) is 11.9 Å². The normalized spacial score (nSPS) is 15.9. The van der Waals surface area contributed by atoms with Gasteiger partial charge in [-0.25, -0.2) is 4.39 Å². The van der Waals surface area contributed by atoms with Crippen LogP contribution >= 0.6 is 0 Å². The lowest BCUT2D eigenvalue weighted by Crippen LogP contribution is -2.20. The zero-order valence-corrected chi connectivity index (χ0v) is 11.2. The Morgan fingerprint density at radius 2 is 2.00 bits per heavy atom. The van der Waals surface area contributed by atoms with Gasteiger partial charge < -0.3 is 11.1 Å². The quantitative estimate of drug-likeness (QED) is 0.895. The van der Waals surface area contributed by atoms with Crippen molar-refractivity contribution in [2.45, 2.75) is 25.8 Å². The third-order valence-electron chi connectivity index (χ3n) is 3.45. The van der Waals surface area contributed by atoms with Gasteiger partial charge in [0.15, 0.2) is 5.82 Å². The Kier molecular flexibility index (Phi) is 3.22. The summed E-state index contributed by atoms with van der Waals surface area (Å²) in [4.78, 5) is 12.3. The molecule has 1 fully saturated rings. The third kappa shape index (κ3) is 2.68. The van der Waals surface area contributed by atoms with Crippen LogP contribution < -0.4 is 11.1 Å². The minimum Gasteiger partial charge on any atom is -0.368 e. The maximum Gasteiger partial charge on any atom is 0.228 e. The predicted molar refractivity (Wildman–Crippen MR) is 75.4 cm³/mol. The number of halogens is 1. The fourth-order valence-corrected chi connectivity index (χ4v) is 2.14. The minimum absolute atomic E-state index is 0.0868. The molecule has 0 spiro atoms. The maximum absolute atomic E-state index is 13.8. The summed E-state index contributed by atoms with van der Waals surface area (Å²) >= 11 is 0. The van der Waals surface area contributed by atoms with Crippen molar-refractivity contribution in [1.82, 2.24) is 15.0 Å². The van der Waals surface area contributed by atoms with Crippen LogP contribution in [0.4, 0.5) is 16.3 Å². The number of nitrogens with zero attached hydrogens (tertiary/aromatic N) is 3. The molecular weight excluding hydrogens is 257 g/mol. The summed E-state index contributed by atoms with van der Waals surface area (Å²) in [6.45, 7) is 2.08. The van der Waals surface area contributed by atoms with E-state index in [1.54, 1.807) is 18.2 Å². The molecule has 0 saturated heterocycles. The molecule has 3 rings (SSSR count). The summed E-state index contributed by atoms with van der Waals surface area (Å²) in [6, 6.07) is 6.63. The smallest absolute Gasteiger partial charge is 0.228 e. The lowest BCUT2D eigenvalue weighted by Gasteiger charge is -2.13. The van der Waals surface area contributed by atoms with Gasteiger partial charge >= 0.3 is 0 Å². The standard InChI is InChI=1S/C14H16FN5/c1-8(9-6-7-9)17-14-19-12(18-13(16)20-14)10-4-2-3-5-11(10)15/h2-5,8-9H,6-7H2,1H3,(H3,16,17,18,19,20)/t8-/m1/s1. The fourth-order valence-electron chi connectivity index (χ4n) is 2.14. The number of benzene rings is 1. The van der Waals surface area contributed by atoms with Crippen LogP contribution in [-0.4, -0.2) is 21.0 Å². The number of rotatable bonds is 4. The molecule has 3 N–H and O–H groups in total. The monoisotopic (exact) mass is 273 g/mol. The van der Waals surface area contributed by atoms with Crippen LogP contribution in [-0.2, 0) is 0 Å². The van der Waals surface area contributed by atoms with Gasteiger partial charge in [-0.15, -0.1) is 0 Å². The zero-order valence-electron chi connectivity index (χ0n) is 11.2. The van der Waals surface area contributed by atoms with Crippen LogP contribution in [0.2, 0.25) is 0 Å². The molecule has 5 nitrogen and oxygen atoms in total. The number of hydrogen-bond donors (Lipinski definition) is 2. The van der Waals surface area contributed by atoms with E-state index in [0.717, 1.165) is 0 Å². The van der Waals surface area contributed by atoms with Gasteiger partial charge in [-0.1, -0.05) is 12.1 Å². The molecule has 20 heavy (non-hydrogen) atoms. The molecule has 1 aliphatic rings. The highest BCUT2D eigenvalue weighted by atomic mass is 19.1. The van der Waals surface area contributed by atoms with E-state index in [0.29, 0.717) is 17.4 Å². The molecule has 0 amide bonds. The first-order valence-corrected chi connectivity index (χ1v) is 6.66. The first-order chi connectivity index (χ1) is 9.63. The SMILES string of the molecule is C[C@@H](Nc1nc(N)nc(-c2ccccc2F)n1)C1CC1. The van der Waals surface area contributed by atoms with Crippen LogP contribution in [0, 0.1) is 11.7 Å². The van der Waals surface area contributed by atoms with Crippen molar-refractivity contribution in [3.05, 3.63) is 30.1 Å². The van der Waals surface area contributed by atoms with E-state index >= 15 is 0 Å². The van der Waals surface area contributed by atoms with Gasteiger partial charge in [0.1, 0.15) is 5.82 Å². The van der Waals surface area contributed by atoms with E-state index in [-0.39, 0.29) is 23.6 Å². The molecule has 6 heteroatoms. The fraction of sp³-hybridized carbons (Fsp3) is 0.357. The van der Waals surface area contributed by atoms with Crippen molar-refractivity contribution in [1.29, 1.82) is 0 Å². The van der Waals surface area contributed by atoms with E-state index in [2.05, 4.69) is 27.2 Å². The Morgan fingerprint density at radius 1 is 1.25 bits per heavy atom. The molecule has 0 aliphatic heterocycles. The van der Waals surface area contributed by atoms with Gasteiger partial charge in [0.05, 0.1) is 5.56 Å². The molecule has 1 saturated carbocycles. The second-order valence-corrected chi connectivity index (χ2v) is 5.09. The van der Waals surface area contributed by atoms with Gasteiger partial charge in [-0.2, -0.15) is 15.0 Å². The van der Waals surface area contributed by atoms with Crippen molar-refractivity contribution < 1.29 is 4.39 Å². The first-order valence-electron chi connectivity index (χ1n) is 6.66. The van der Waals surface area contributed by atoms with Gasteiger partial charge in [0.25, 0.3) is 0 Å². The van der Waals surface area contributed by atoms with Crippen LogP contribution in [0.15, 0.2) is 24.3 Å². The second-order valence-electron chi connectivity index (χ2n) is 5.09. The Hall–Kier alpha value is -2.24. The van der Waals surface area contributed by atoms with Crippen molar-refractivity contribution in [2.24, 2.45) is 5.92 Å². The van der Waals surface area contributed by atoms with E-state index in [9.17, 15) is 4.39 Å². The highest BCUT2D eigenvalue weighted by Gasteiger charge is 2.28. The van der Waals surface area contributed by atoms with E-state index in [1.807, 2.05) is 0 Å². The Balaban J connectivity index is 1.92. The molecule has 1 heterocycles. The molecule has 0 unspecified atom stereocenters. The second kappa shape index (κ2) is 5.03. The number of hydrogen-bond acceptors (Lipinski definition) is 5. The Morgan fingerprint density at radius 3 is 2.70 bits per heavy atom. The average molecular weight is 273 g/mol. The molecule has 0 bridgehead atoms. The van der Waals surface area contributed by atoms with Gasteiger partial charge in [-0.3, -0.25) is 0 Å². The summed E-state index contributed by atoms with van der Waals surface area (Å²) in [5.74, 6) is 1.02. The van der Waals surface area contributed by atoms with Crippen LogP contribution in [0.5, 0.6) is 0 Å². The highest BCUT2D eigenvalue weighted by molar-refractivity contribution is 5.58. The van der Waals surface area contributed by atoms with Crippen LogP contribution in [0.1, 0.15) is 19.8 Å². The van der Waals surface area contributed by atoms with Crippen LogP contribution in [0.3, 0.4) is 0 Å². The predicted octanol–water partition coefficient (Wildman–Crippen LogP) is 2.47. The topological polar surface area (TPSA) is 76.7 Å². The lowest BCUT2D eigenvalue weighted by atomic mass is 10.2. The summed E-state index contributed by atoms with van der Waals surface area (Å²) < 4.78 is 13.8. The number of anilines is 2. The van der Waals surface area contributed by atoms with Crippen molar-refractivity contribution in [3.8, 4) is 11.4 Å². The first kappa shape index (κ1) is 12.8. The Bertz CT molecular complexity index is 627. The van der Waals surface area contributed by atoms with Gasteiger partial charge in [0, 0.05) is 6.04 Å².